The summed E-state index contributed by atoms with van der Waals surface area (Å²) in [5, 5.41) is 28.1. The smallest absolute Gasteiger partial charge is 0.150 e. The van der Waals surface area contributed by atoms with Crippen LogP contribution in [0.3, 0.4) is 0 Å². The Morgan fingerprint density at radius 1 is 0.875 bits per heavy atom. The third-order valence-electron chi connectivity index (χ3n) is 1.93. The summed E-state index contributed by atoms with van der Waals surface area (Å²) in [6.07, 6.45) is 0. The maximum Gasteiger partial charge on any atom is 0.150 e. The summed E-state index contributed by atoms with van der Waals surface area (Å²) in [5.41, 5.74) is 0.555. The van der Waals surface area contributed by atoms with Gasteiger partial charge in [0.2, 0.25) is 0 Å². The van der Waals surface area contributed by atoms with Gasteiger partial charge in [0.15, 0.2) is 0 Å². The Kier molecular flexibility index (Phi) is 3.33. The molecule has 82 valence electrons. The van der Waals surface area contributed by atoms with E-state index in [1.54, 1.807) is 12.1 Å². The van der Waals surface area contributed by atoms with Crippen molar-refractivity contribution in [3.63, 3.8) is 0 Å². The molecule has 2 N–H and O–H groups in total. The molecule has 0 saturated heterocycles. The Balaban J connectivity index is 2.43. The van der Waals surface area contributed by atoms with Crippen LogP contribution >= 0.6 is 22.7 Å². The van der Waals surface area contributed by atoms with Gasteiger partial charge in [0.1, 0.15) is 11.4 Å². The second-order valence-electron chi connectivity index (χ2n) is 2.85. The van der Waals surface area contributed by atoms with Crippen LogP contribution < -0.4 is 0 Å². The van der Waals surface area contributed by atoms with Crippen molar-refractivity contribution >= 4 is 34.1 Å². The fourth-order valence-corrected chi connectivity index (χ4v) is 2.67. The van der Waals surface area contributed by atoms with Gasteiger partial charge in [0.05, 0.1) is 9.75 Å². The first-order chi connectivity index (χ1) is 7.86. The lowest BCUT2D eigenvalue weighted by molar-refractivity contribution is 0.314. The zero-order valence-electron chi connectivity index (χ0n) is 8.07. The van der Waals surface area contributed by atoms with E-state index in [4.69, 9.17) is 10.4 Å². The lowest BCUT2D eigenvalue weighted by atomic mass is 10.1. The molecule has 0 aliphatic rings. The van der Waals surface area contributed by atoms with E-state index < -0.39 is 0 Å². The second-order valence-corrected chi connectivity index (χ2v) is 4.75. The lowest BCUT2D eigenvalue weighted by Gasteiger charge is -2.01. The van der Waals surface area contributed by atoms with Crippen LogP contribution in [0, 0.1) is 0 Å². The highest BCUT2D eigenvalue weighted by molar-refractivity contribution is 7.15. The van der Waals surface area contributed by atoms with E-state index in [0.29, 0.717) is 0 Å². The molecule has 2 rings (SSSR count). The topological polar surface area (TPSA) is 65.2 Å². The normalized spacial score (nSPS) is 13.0. The molecular weight excluding hydrogens is 244 g/mol. The average molecular weight is 252 g/mol. The van der Waals surface area contributed by atoms with Crippen molar-refractivity contribution in [1.82, 2.24) is 0 Å². The van der Waals surface area contributed by atoms with Crippen LogP contribution in [0.4, 0.5) is 0 Å². The van der Waals surface area contributed by atoms with Gasteiger partial charge in [-0.2, -0.15) is 0 Å². The molecule has 0 amide bonds. The molecule has 6 heteroatoms. The van der Waals surface area contributed by atoms with Crippen LogP contribution in [0.15, 0.2) is 45.3 Å². The molecule has 0 aromatic carbocycles. The quantitative estimate of drug-likeness (QED) is 0.501. The van der Waals surface area contributed by atoms with Crippen LogP contribution in [0.1, 0.15) is 9.75 Å². The molecule has 2 heterocycles. The Labute approximate surface area is 99.8 Å². The Bertz CT molecular complexity index is 453. The van der Waals surface area contributed by atoms with Gasteiger partial charge in [-0.05, 0) is 22.9 Å². The number of thiophene rings is 2. The molecule has 0 bridgehead atoms. The van der Waals surface area contributed by atoms with E-state index in [1.807, 2.05) is 22.9 Å². The minimum absolute atomic E-state index is 0.278. The molecule has 0 spiro atoms. The SMILES string of the molecule is ON=C(C(=NO)c1cccs1)c1cccs1. The molecule has 0 unspecified atom stereocenters. The van der Waals surface area contributed by atoms with Crippen molar-refractivity contribution in [2.24, 2.45) is 10.3 Å². The molecule has 2 aromatic rings. The summed E-state index contributed by atoms with van der Waals surface area (Å²) in [6.45, 7) is 0. The Morgan fingerprint density at radius 3 is 1.56 bits per heavy atom. The molecule has 0 aliphatic heterocycles. The number of rotatable bonds is 3. The Hall–Kier alpha value is -1.66. The maximum atomic E-state index is 9.01. The van der Waals surface area contributed by atoms with Crippen LogP contribution in [0.25, 0.3) is 0 Å². The summed E-state index contributed by atoms with van der Waals surface area (Å²) in [6, 6.07) is 7.29. The Morgan fingerprint density at radius 2 is 1.31 bits per heavy atom. The molecule has 4 nitrogen and oxygen atoms in total. The third kappa shape index (κ3) is 1.98. The summed E-state index contributed by atoms with van der Waals surface area (Å²) in [4.78, 5) is 1.51. The van der Waals surface area contributed by atoms with E-state index in [1.165, 1.54) is 22.7 Å². The number of hydrogen-bond acceptors (Lipinski definition) is 6. The first-order valence-corrected chi connectivity index (χ1v) is 6.15. The molecule has 0 fully saturated rings. The van der Waals surface area contributed by atoms with Gasteiger partial charge in [-0.15, -0.1) is 22.7 Å². The maximum absolute atomic E-state index is 9.01. The first-order valence-electron chi connectivity index (χ1n) is 4.39. The fourth-order valence-electron chi connectivity index (χ4n) is 1.25. The molecule has 2 aromatic heterocycles. The number of hydrogen-bond donors (Lipinski definition) is 2. The van der Waals surface area contributed by atoms with E-state index in [0.717, 1.165) is 9.75 Å². The first kappa shape index (κ1) is 10.8. The van der Waals surface area contributed by atoms with Gasteiger partial charge in [-0.3, -0.25) is 0 Å². The number of nitrogens with zero attached hydrogens (tertiary/aromatic N) is 2. The minimum atomic E-state index is 0.278. The van der Waals surface area contributed by atoms with Gasteiger partial charge in [-0.1, -0.05) is 22.4 Å². The predicted octanol–water partition coefficient (Wildman–Crippen LogP) is 2.87. The van der Waals surface area contributed by atoms with Crippen molar-refractivity contribution in [3.8, 4) is 0 Å². The molecule has 0 aliphatic carbocycles. The summed E-state index contributed by atoms with van der Waals surface area (Å²) in [7, 11) is 0. The second kappa shape index (κ2) is 4.91. The monoisotopic (exact) mass is 252 g/mol. The van der Waals surface area contributed by atoms with Gasteiger partial charge in [0.25, 0.3) is 0 Å². The van der Waals surface area contributed by atoms with Crippen molar-refractivity contribution in [3.05, 3.63) is 44.8 Å². The molecule has 0 atom stereocenters. The zero-order chi connectivity index (χ0) is 11.4. The standard InChI is InChI=1S/C10H8N2O2S2/c13-11-9(7-3-1-5-15-7)10(12-14)8-4-2-6-16-8/h1-6,13-14H. The summed E-state index contributed by atoms with van der Waals surface area (Å²) >= 11 is 2.84. The summed E-state index contributed by atoms with van der Waals surface area (Å²) < 4.78 is 0. The third-order valence-corrected chi connectivity index (χ3v) is 3.69. The van der Waals surface area contributed by atoms with Gasteiger partial charge in [0, 0.05) is 0 Å². The molecule has 0 radical (unpaired) electrons. The highest BCUT2D eigenvalue weighted by atomic mass is 32.1. The lowest BCUT2D eigenvalue weighted by Crippen LogP contribution is -2.14. The average Bonchev–Trinajstić information content (AvgIpc) is 2.97. The van der Waals surface area contributed by atoms with E-state index in [-0.39, 0.29) is 11.4 Å². The molecular formula is C10H8N2O2S2. The number of oxime groups is 2. The largest absolute Gasteiger partial charge is 0.410 e. The van der Waals surface area contributed by atoms with Crippen LogP contribution in [0.5, 0.6) is 0 Å². The predicted molar refractivity (Wildman–Crippen MR) is 65.3 cm³/mol. The van der Waals surface area contributed by atoms with Gasteiger partial charge >= 0.3 is 0 Å². The van der Waals surface area contributed by atoms with Crippen molar-refractivity contribution in [2.45, 2.75) is 0 Å². The van der Waals surface area contributed by atoms with Gasteiger partial charge < -0.3 is 10.4 Å². The molecule has 0 saturated carbocycles. The van der Waals surface area contributed by atoms with Crippen molar-refractivity contribution in [1.29, 1.82) is 0 Å². The van der Waals surface area contributed by atoms with Gasteiger partial charge in [-0.25, -0.2) is 0 Å². The van der Waals surface area contributed by atoms with E-state index in [9.17, 15) is 0 Å². The van der Waals surface area contributed by atoms with Crippen LogP contribution in [-0.2, 0) is 0 Å². The van der Waals surface area contributed by atoms with Crippen molar-refractivity contribution < 1.29 is 10.4 Å². The fraction of sp³-hybridized carbons (Fsp3) is 0. The van der Waals surface area contributed by atoms with Crippen molar-refractivity contribution in [2.75, 3.05) is 0 Å². The van der Waals surface area contributed by atoms with Crippen LogP contribution in [0.2, 0.25) is 0 Å². The van der Waals surface area contributed by atoms with E-state index in [2.05, 4.69) is 10.3 Å². The minimum Gasteiger partial charge on any atom is -0.410 e. The highest BCUT2D eigenvalue weighted by Gasteiger charge is 2.17. The van der Waals surface area contributed by atoms with E-state index >= 15 is 0 Å². The highest BCUT2D eigenvalue weighted by Crippen LogP contribution is 2.17. The van der Waals surface area contributed by atoms with Crippen LogP contribution in [-0.4, -0.2) is 21.8 Å². The molecule has 16 heavy (non-hydrogen) atoms. The zero-order valence-corrected chi connectivity index (χ0v) is 9.70. The summed E-state index contributed by atoms with van der Waals surface area (Å²) in [5.74, 6) is 0.